The van der Waals surface area contributed by atoms with Gasteiger partial charge in [0.05, 0.1) is 12.2 Å². The Hall–Kier alpha value is -0.770. The van der Waals surface area contributed by atoms with E-state index in [9.17, 15) is 9.36 Å². The molecule has 1 fully saturated rings. The summed E-state index contributed by atoms with van der Waals surface area (Å²) in [6, 6.07) is 0. The second kappa shape index (κ2) is 11.7. The maximum absolute atomic E-state index is 12.4. The van der Waals surface area contributed by atoms with Crippen LogP contribution in [-0.2, 0) is 18.6 Å². The summed E-state index contributed by atoms with van der Waals surface area (Å²) in [4.78, 5) is 12.4. The molecule has 5 nitrogen and oxygen atoms in total. The highest BCUT2D eigenvalue weighted by atomic mass is 31.1. The van der Waals surface area contributed by atoms with Crippen molar-refractivity contribution in [2.45, 2.75) is 77.9 Å². The predicted octanol–water partition coefficient (Wildman–Crippen LogP) is 4.51. The van der Waals surface area contributed by atoms with Crippen LogP contribution in [0, 0.1) is 5.92 Å². The molecule has 0 aliphatic heterocycles. The summed E-state index contributed by atoms with van der Waals surface area (Å²) in [6.07, 6.45) is 8.98. The number of carbonyl (C=O) groups is 1. The number of carbonyl (C=O) groups excluding carboxylic acids is 1. The van der Waals surface area contributed by atoms with Gasteiger partial charge in [-0.2, -0.15) is 0 Å². The van der Waals surface area contributed by atoms with Gasteiger partial charge in [0.25, 0.3) is 0 Å². The van der Waals surface area contributed by atoms with Crippen LogP contribution in [0.2, 0.25) is 0 Å². The quantitative estimate of drug-likeness (QED) is 0.207. The molecule has 0 aromatic heterocycles. The second-order valence-electron chi connectivity index (χ2n) is 6.28. The Morgan fingerprint density at radius 3 is 2.57 bits per heavy atom. The number of nitrogens with two attached hydrogens (primary N) is 1. The molecule has 0 aromatic carbocycles. The van der Waals surface area contributed by atoms with Crippen molar-refractivity contribution in [3.8, 4) is 0 Å². The van der Waals surface area contributed by atoms with Gasteiger partial charge in [0.15, 0.2) is 6.23 Å². The first kappa shape index (κ1) is 20.3. The Balaban J connectivity index is 2.70. The zero-order valence-corrected chi connectivity index (χ0v) is 15.3. The van der Waals surface area contributed by atoms with E-state index in [0.29, 0.717) is 17.9 Å². The number of rotatable bonds is 10. The molecule has 1 atom stereocenters. The van der Waals surface area contributed by atoms with Gasteiger partial charge in [0.2, 0.25) is 0 Å². The van der Waals surface area contributed by atoms with Crippen LogP contribution < -0.4 is 5.73 Å². The lowest BCUT2D eigenvalue weighted by atomic mass is 9.82. The lowest BCUT2D eigenvalue weighted by Crippen LogP contribution is -2.29. The van der Waals surface area contributed by atoms with Crippen LogP contribution in [-0.4, -0.2) is 18.8 Å². The molecular formula is C17H30NO4P. The van der Waals surface area contributed by atoms with Crippen LogP contribution in [0.4, 0.5) is 0 Å². The van der Waals surface area contributed by atoms with Crippen molar-refractivity contribution in [1.82, 2.24) is 0 Å². The van der Waals surface area contributed by atoms with Crippen LogP contribution >= 0.6 is 8.69 Å². The minimum absolute atomic E-state index is 0.00784. The van der Waals surface area contributed by atoms with Crippen molar-refractivity contribution in [1.29, 1.82) is 0 Å². The number of hydrogen-bond donors (Lipinski definition) is 1. The molecule has 132 valence electrons. The van der Waals surface area contributed by atoms with Gasteiger partial charge in [-0.25, -0.2) is 9.36 Å². The van der Waals surface area contributed by atoms with Crippen LogP contribution in [0.15, 0.2) is 11.1 Å². The van der Waals surface area contributed by atoms with E-state index in [1.807, 2.05) is 6.92 Å². The number of esters is 1. The Kier molecular flexibility index (Phi) is 10.3. The van der Waals surface area contributed by atoms with E-state index in [1.54, 1.807) is 0 Å². The van der Waals surface area contributed by atoms with E-state index in [0.717, 1.165) is 37.7 Å². The van der Waals surface area contributed by atoms with E-state index in [4.69, 9.17) is 15.0 Å². The van der Waals surface area contributed by atoms with Gasteiger partial charge in [0.1, 0.15) is 0 Å². The fourth-order valence-corrected chi connectivity index (χ4v) is 3.25. The largest absolute Gasteiger partial charge is 0.443 e. The third-order valence-corrected chi connectivity index (χ3v) is 4.79. The lowest BCUT2D eigenvalue weighted by Gasteiger charge is -2.25. The molecule has 1 rings (SSSR count). The maximum Gasteiger partial charge on any atom is 0.337 e. The predicted molar refractivity (Wildman–Crippen MR) is 91.0 cm³/mol. The molecule has 0 spiro atoms. The lowest BCUT2D eigenvalue weighted by molar-refractivity contribution is -0.144. The normalized spacial score (nSPS) is 18.6. The molecule has 1 aliphatic carbocycles. The topological polar surface area (TPSA) is 78.6 Å². The summed E-state index contributed by atoms with van der Waals surface area (Å²) in [6.45, 7) is 4.08. The molecular weight excluding hydrogens is 313 g/mol. The minimum Gasteiger partial charge on any atom is -0.443 e. The van der Waals surface area contributed by atoms with Crippen molar-refractivity contribution >= 4 is 14.7 Å². The van der Waals surface area contributed by atoms with Crippen molar-refractivity contribution in [2.75, 3.05) is 6.61 Å². The first-order chi connectivity index (χ1) is 11.1. The molecule has 1 saturated carbocycles. The fourth-order valence-electron chi connectivity index (χ4n) is 3.07. The van der Waals surface area contributed by atoms with Gasteiger partial charge in [-0.05, 0) is 38.5 Å². The summed E-state index contributed by atoms with van der Waals surface area (Å²) in [5.74, 6) is -0.0461. The zero-order valence-electron chi connectivity index (χ0n) is 14.4. The highest BCUT2D eigenvalue weighted by Crippen LogP contribution is 2.31. The Bertz CT molecular complexity index is 405. The van der Waals surface area contributed by atoms with E-state index in [-0.39, 0.29) is 6.61 Å². The van der Waals surface area contributed by atoms with Gasteiger partial charge in [-0.15, -0.1) is 0 Å². The average Bonchev–Trinajstić information content (AvgIpc) is 2.56. The summed E-state index contributed by atoms with van der Waals surface area (Å²) in [5, 5.41) is 0. The van der Waals surface area contributed by atoms with E-state index in [1.165, 1.54) is 19.3 Å². The molecule has 0 bridgehead atoms. The van der Waals surface area contributed by atoms with Crippen molar-refractivity contribution in [2.24, 2.45) is 11.7 Å². The van der Waals surface area contributed by atoms with Crippen LogP contribution in [0.1, 0.15) is 71.6 Å². The van der Waals surface area contributed by atoms with E-state index < -0.39 is 20.9 Å². The molecule has 0 radical (unpaired) electrons. The van der Waals surface area contributed by atoms with Crippen LogP contribution in [0.25, 0.3) is 0 Å². The van der Waals surface area contributed by atoms with Crippen molar-refractivity contribution in [3.05, 3.63) is 11.1 Å². The van der Waals surface area contributed by atoms with E-state index in [2.05, 4.69) is 6.92 Å². The van der Waals surface area contributed by atoms with Crippen LogP contribution in [0.5, 0.6) is 0 Å². The summed E-state index contributed by atoms with van der Waals surface area (Å²) in [5.41, 5.74) is 7.37. The third-order valence-electron chi connectivity index (χ3n) is 4.55. The van der Waals surface area contributed by atoms with Crippen LogP contribution in [0.3, 0.4) is 0 Å². The molecule has 0 heterocycles. The second-order valence-corrected chi connectivity index (χ2v) is 6.69. The molecule has 23 heavy (non-hydrogen) atoms. The molecule has 1 aliphatic rings. The van der Waals surface area contributed by atoms with E-state index >= 15 is 0 Å². The molecule has 0 amide bonds. The Morgan fingerprint density at radius 2 is 1.96 bits per heavy atom. The molecule has 0 saturated heterocycles. The number of unbranched alkanes of at least 4 members (excludes halogenated alkanes) is 2. The van der Waals surface area contributed by atoms with Gasteiger partial charge in [0, 0.05) is 0 Å². The molecule has 1 unspecified atom stereocenters. The van der Waals surface area contributed by atoms with Crippen molar-refractivity contribution < 1.29 is 18.6 Å². The van der Waals surface area contributed by atoms with Gasteiger partial charge >= 0.3 is 14.7 Å². The molecule has 0 aromatic rings. The molecule has 6 heteroatoms. The summed E-state index contributed by atoms with van der Waals surface area (Å²) in [7, 11) is -0.429. The summed E-state index contributed by atoms with van der Waals surface area (Å²) < 4.78 is 20.9. The first-order valence-corrected chi connectivity index (χ1v) is 9.44. The monoisotopic (exact) mass is 343 g/mol. The zero-order chi connectivity index (χ0) is 17.1. The summed E-state index contributed by atoms with van der Waals surface area (Å²) >= 11 is 0. The number of ether oxygens (including phenoxy) is 1. The number of allylic oxidation sites excluding steroid dienone is 1. The average molecular weight is 343 g/mol. The standard InChI is InChI=1S/C17H30NO4P/c1-3-4-6-11-16(18)22-17(19)15(12-21-23-20)13(2)14-9-7-5-8-10-14/h14,16H,3-12,18H2,1-2H3/b15-13-. The SMILES string of the molecule is CCCCCC(N)OC(=O)/C(COP=O)=C(/C)C1CCCCC1. The Labute approximate surface area is 141 Å². The first-order valence-electron chi connectivity index (χ1n) is 8.71. The van der Waals surface area contributed by atoms with Gasteiger partial charge in [-0.3, -0.25) is 10.3 Å². The third kappa shape index (κ3) is 7.56. The highest BCUT2D eigenvalue weighted by molar-refractivity contribution is 7.17. The van der Waals surface area contributed by atoms with Crippen molar-refractivity contribution in [3.63, 3.8) is 0 Å². The smallest absolute Gasteiger partial charge is 0.337 e. The minimum atomic E-state index is -0.590. The van der Waals surface area contributed by atoms with Gasteiger partial charge in [-0.1, -0.05) is 44.6 Å². The van der Waals surface area contributed by atoms with Gasteiger partial charge < -0.3 is 4.74 Å². The number of hydrogen-bond acceptors (Lipinski definition) is 5. The highest BCUT2D eigenvalue weighted by Gasteiger charge is 2.24. The maximum atomic E-state index is 12.4. The Morgan fingerprint density at radius 1 is 1.26 bits per heavy atom. The molecule has 2 N–H and O–H groups in total. The fraction of sp³-hybridized carbons (Fsp3) is 0.824.